The molecule has 0 radical (unpaired) electrons. The van der Waals surface area contributed by atoms with Crippen molar-refractivity contribution in [1.82, 2.24) is 4.90 Å². The maximum atomic E-state index is 2.63. The molecule has 1 aliphatic heterocycles. The number of hydrogen-bond donors (Lipinski definition) is 0. The largest absolute Gasteiger partial charge is 0.298 e. The Bertz CT molecular complexity index is 545. The molecule has 2 heteroatoms. The van der Waals surface area contributed by atoms with Crippen LogP contribution < -0.4 is 0 Å². The zero-order valence-electron chi connectivity index (χ0n) is 10.4. The van der Waals surface area contributed by atoms with Crippen LogP contribution in [0.4, 0.5) is 0 Å². The van der Waals surface area contributed by atoms with E-state index in [9.17, 15) is 0 Å². The molecule has 0 amide bonds. The second kappa shape index (κ2) is 4.22. The van der Waals surface area contributed by atoms with Gasteiger partial charge in [-0.1, -0.05) is 30.3 Å². The Hall–Kier alpha value is -1.12. The van der Waals surface area contributed by atoms with Crippen LogP contribution in [0.2, 0.25) is 0 Å². The van der Waals surface area contributed by atoms with Crippen molar-refractivity contribution < 1.29 is 0 Å². The molecule has 4 rings (SSSR count). The van der Waals surface area contributed by atoms with Crippen molar-refractivity contribution in [3.8, 4) is 0 Å². The van der Waals surface area contributed by atoms with Crippen molar-refractivity contribution in [3.05, 3.63) is 57.8 Å². The summed E-state index contributed by atoms with van der Waals surface area (Å²) in [5.41, 5.74) is 3.08. The van der Waals surface area contributed by atoms with E-state index >= 15 is 0 Å². The van der Waals surface area contributed by atoms with Crippen molar-refractivity contribution in [2.75, 3.05) is 13.1 Å². The van der Waals surface area contributed by atoms with Crippen LogP contribution in [0.1, 0.15) is 21.9 Å². The van der Waals surface area contributed by atoms with Crippen LogP contribution in [0.3, 0.4) is 0 Å². The standard InChI is InChI=1S/C16H17NS/c1-2-4-12(5-3-1)9-17-10-14-8-13-6-7-18-16(13)15(14)11-17/h1-7,14-15H,8-11H2. The average Bonchev–Trinajstić information content (AvgIpc) is 3.02. The highest BCUT2D eigenvalue weighted by Gasteiger charge is 2.40. The number of thiophene rings is 1. The Balaban J connectivity index is 1.50. The maximum absolute atomic E-state index is 2.63. The van der Waals surface area contributed by atoms with Gasteiger partial charge in [-0.05, 0) is 34.9 Å². The molecule has 2 aliphatic rings. The van der Waals surface area contributed by atoms with Crippen LogP contribution in [0.15, 0.2) is 41.8 Å². The van der Waals surface area contributed by atoms with Gasteiger partial charge in [0.1, 0.15) is 0 Å². The molecule has 1 aromatic carbocycles. The van der Waals surface area contributed by atoms with Crippen molar-refractivity contribution in [3.63, 3.8) is 0 Å². The van der Waals surface area contributed by atoms with E-state index in [1.807, 2.05) is 11.3 Å². The molecule has 2 heterocycles. The maximum Gasteiger partial charge on any atom is 0.0234 e. The number of benzene rings is 1. The summed E-state index contributed by atoms with van der Waals surface area (Å²) in [5, 5.41) is 2.26. The number of likely N-dealkylation sites (tertiary alicyclic amines) is 1. The van der Waals surface area contributed by atoms with E-state index in [-0.39, 0.29) is 0 Å². The van der Waals surface area contributed by atoms with Crippen LogP contribution >= 0.6 is 11.3 Å². The molecule has 0 saturated carbocycles. The summed E-state index contributed by atoms with van der Waals surface area (Å²) in [6, 6.07) is 13.2. The minimum Gasteiger partial charge on any atom is -0.298 e. The minimum absolute atomic E-state index is 0.823. The van der Waals surface area contributed by atoms with E-state index in [0.29, 0.717) is 0 Å². The summed E-state index contributed by atoms with van der Waals surface area (Å²) < 4.78 is 0. The Morgan fingerprint density at radius 2 is 2.00 bits per heavy atom. The lowest BCUT2D eigenvalue weighted by Gasteiger charge is -2.16. The van der Waals surface area contributed by atoms with Crippen LogP contribution in [0.5, 0.6) is 0 Å². The van der Waals surface area contributed by atoms with E-state index < -0.39 is 0 Å². The van der Waals surface area contributed by atoms with Gasteiger partial charge in [-0.3, -0.25) is 4.90 Å². The van der Waals surface area contributed by atoms with Gasteiger partial charge < -0.3 is 0 Å². The average molecular weight is 255 g/mol. The van der Waals surface area contributed by atoms with Gasteiger partial charge in [0, 0.05) is 30.4 Å². The van der Waals surface area contributed by atoms with Gasteiger partial charge in [0.2, 0.25) is 0 Å². The number of nitrogens with zero attached hydrogens (tertiary/aromatic N) is 1. The summed E-state index contributed by atoms with van der Waals surface area (Å²) in [6.07, 6.45) is 1.31. The van der Waals surface area contributed by atoms with Crippen LogP contribution in [-0.4, -0.2) is 18.0 Å². The van der Waals surface area contributed by atoms with E-state index in [1.54, 1.807) is 10.4 Å². The summed E-state index contributed by atoms with van der Waals surface area (Å²) in [4.78, 5) is 4.31. The molecule has 1 fully saturated rings. The molecule has 1 aliphatic carbocycles. The fraction of sp³-hybridized carbons (Fsp3) is 0.375. The minimum atomic E-state index is 0.823. The highest BCUT2D eigenvalue weighted by atomic mass is 32.1. The molecule has 0 bridgehead atoms. The fourth-order valence-corrected chi connectivity index (χ4v) is 4.68. The summed E-state index contributed by atoms with van der Waals surface area (Å²) >= 11 is 1.97. The van der Waals surface area contributed by atoms with Gasteiger partial charge in [0.15, 0.2) is 0 Å². The smallest absolute Gasteiger partial charge is 0.0234 e. The second-order valence-corrected chi connectivity index (χ2v) is 6.51. The zero-order valence-corrected chi connectivity index (χ0v) is 11.2. The first-order valence-electron chi connectivity index (χ1n) is 6.73. The van der Waals surface area contributed by atoms with Crippen molar-refractivity contribution >= 4 is 11.3 Å². The van der Waals surface area contributed by atoms with E-state index in [4.69, 9.17) is 0 Å². The quantitative estimate of drug-likeness (QED) is 0.793. The summed E-state index contributed by atoms with van der Waals surface area (Å²) in [5.74, 6) is 1.71. The monoisotopic (exact) mass is 255 g/mol. The SMILES string of the molecule is c1ccc(CN2CC3Cc4ccsc4C3C2)cc1. The lowest BCUT2D eigenvalue weighted by atomic mass is 10.0. The summed E-state index contributed by atoms with van der Waals surface area (Å²) in [6.45, 7) is 3.66. The van der Waals surface area contributed by atoms with Crippen LogP contribution in [0, 0.1) is 5.92 Å². The van der Waals surface area contributed by atoms with Gasteiger partial charge in [-0.25, -0.2) is 0 Å². The third-order valence-corrected chi connectivity index (χ3v) is 5.46. The topological polar surface area (TPSA) is 3.24 Å². The lowest BCUT2D eigenvalue weighted by molar-refractivity contribution is 0.314. The normalized spacial score (nSPS) is 26.2. The third kappa shape index (κ3) is 1.72. The molecule has 0 N–H and O–H groups in total. The van der Waals surface area contributed by atoms with Crippen LogP contribution in [-0.2, 0) is 13.0 Å². The van der Waals surface area contributed by atoms with Gasteiger partial charge in [-0.15, -0.1) is 11.3 Å². The Morgan fingerprint density at radius 1 is 1.11 bits per heavy atom. The zero-order chi connectivity index (χ0) is 11.9. The van der Waals surface area contributed by atoms with E-state index in [0.717, 1.165) is 18.4 Å². The lowest BCUT2D eigenvalue weighted by Crippen LogP contribution is -2.21. The molecule has 2 aromatic rings. The molecule has 1 aromatic heterocycles. The first-order chi connectivity index (χ1) is 8.90. The van der Waals surface area contributed by atoms with Gasteiger partial charge >= 0.3 is 0 Å². The van der Waals surface area contributed by atoms with Crippen molar-refractivity contribution in [2.45, 2.75) is 18.9 Å². The van der Waals surface area contributed by atoms with Gasteiger partial charge in [-0.2, -0.15) is 0 Å². The Morgan fingerprint density at radius 3 is 2.89 bits per heavy atom. The molecule has 0 spiro atoms. The predicted octanol–water partition coefficient (Wildman–Crippen LogP) is 3.52. The molecular weight excluding hydrogens is 238 g/mol. The highest BCUT2D eigenvalue weighted by Crippen LogP contribution is 2.45. The molecular formula is C16H17NS. The van der Waals surface area contributed by atoms with E-state index in [2.05, 4.69) is 46.7 Å². The molecule has 2 atom stereocenters. The molecule has 92 valence electrons. The van der Waals surface area contributed by atoms with Crippen LogP contribution in [0.25, 0.3) is 0 Å². The first kappa shape index (κ1) is 10.8. The molecule has 2 unspecified atom stereocenters. The predicted molar refractivity (Wildman–Crippen MR) is 76.0 cm³/mol. The van der Waals surface area contributed by atoms with Gasteiger partial charge in [0.05, 0.1) is 0 Å². The van der Waals surface area contributed by atoms with Crippen molar-refractivity contribution in [2.24, 2.45) is 5.92 Å². The number of fused-ring (bicyclic) bond motifs is 3. The second-order valence-electron chi connectivity index (χ2n) is 5.56. The molecule has 18 heavy (non-hydrogen) atoms. The molecule has 1 nitrogen and oxygen atoms in total. The Kier molecular flexibility index (Phi) is 2.52. The Labute approximate surface area is 112 Å². The van der Waals surface area contributed by atoms with Crippen molar-refractivity contribution in [1.29, 1.82) is 0 Å². The van der Waals surface area contributed by atoms with E-state index in [1.165, 1.54) is 25.1 Å². The number of rotatable bonds is 2. The fourth-order valence-electron chi connectivity index (χ4n) is 3.56. The highest BCUT2D eigenvalue weighted by molar-refractivity contribution is 7.10. The number of hydrogen-bond acceptors (Lipinski definition) is 2. The third-order valence-electron chi connectivity index (χ3n) is 4.37. The summed E-state index contributed by atoms with van der Waals surface area (Å²) in [7, 11) is 0. The molecule has 1 saturated heterocycles. The first-order valence-corrected chi connectivity index (χ1v) is 7.60. The van der Waals surface area contributed by atoms with Gasteiger partial charge in [0.25, 0.3) is 0 Å².